The van der Waals surface area contributed by atoms with E-state index >= 15 is 0 Å². The van der Waals surface area contributed by atoms with Gasteiger partial charge in [-0.1, -0.05) is 26.2 Å². The number of rotatable bonds is 6. The summed E-state index contributed by atoms with van der Waals surface area (Å²) in [5, 5.41) is 7.96. The van der Waals surface area contributed by atoms with E-state index in [2.05, 4.69) is 16.0 Å². The summed E-state index contributed by atoms with van der Waals surface area (Å²) in [5.74, 6) is -1.14. The Hall–Kier alpha value is -2.12. The lowest BCUT2D eigenvalue weighted by Gasteiger charge is -2.30. The van der Waals surface area contributed by atoms with Crippen molar-refractivity contribution in [1.82, 2.24) is 20.9 Å². The van der Waals surface area contributed by atoms with Gasteiger partial charge in [0.1, 0.15) is 18.1 Å². The second kappa shape index (κ2) is 7.63. The molecule has 0 bridgehead atoms. The fourth-order valence-corrected chi connectivity index (χ4v) is 3.21. The Labute approximate surface area is 141 Å². The van der Waals surface area contributed by atoms with Crippen LogP contribution in [0.2, 0.25) is 0 Å². The molecule has 1 heterocycles. The molecular formula is C16H26N4O4. The minimum Gasteiger partial charge on any atom is -0.354 e. The monoisotopic (exact) mass is 338 g/mol. The third-order valence-corrected chi connectivity index (χ3v) is 4.57. The van der Waals surface area contributed by atoms with Crippen LogP contribution in [0.15, 0.2) is 0 Å². The highest BCUT2D eigenvalue weighted by molar-refractivity contribution is 6.09. The molecule has 5 amide bonds. The van der Waals surface area contributed by atoms with Crippen molar-refractivity contribution in [3.63, 3.8) is 0 Å². The van der Waals surface area contributed by atoms with Crippen LogP contribution in [-0.4, -0.2) is 53.3 Å². The first-order chi connectivity index (χ1) is 11.4. The van der Waals surface area contributed by atoms with Crippen molar-refractivity contribution in [3.05, 3.63) is 0 Å². The van der Waals surface area contributed by atoms with E-state index in [-0.39, 0.29) is 18.4 Å². The van der Waals surface area contributed by atoms with Crippen molar-refractivity contribution in [1.29, 1.82) is 0 Å². The molecule has 2 rings (SSSR count). The maximum Gasteiger partial charge on any atom is 0.325 e. The molecular weight excluding hydrogens is 312 g/mol. The maximum atomic E-state index is 12.6. The Bertz CT molecular complexity index is 528. The second-order valence-corrected chi connectivity index (χ2v) is 6.54. The third kappa shape index (κ3) is 3.85. The van der Waals surface area contributed by atoms with E-state index < -0.39 is 23.5 Å². The van der Waals surface area contributed by atoms with Gasteiger partial charge in [0.2, 0.25) is 11.8 Å². The predicted molar refractivity (Wildman–Crippen MR) is 87.0 cm³/mol. The molecule has 1 aliphatic carbocycles. The van der Waals surface area contributed by atoms with Crippen LogP contribution >= 0.6 is 0 Å². The fraction of sp³-hybridized carbons (Fsp3) is 0.750. The minimum absolute atomic E-state index is 0.286. The Morgan fingerprint density at radius 3 is 2.54 bits per heavy atom. The van der Waals surface area contributed by atoms with Crippen molar-refractivity contribution < 1.29 is 19.2 Å². The van der Waals surface area contributed by atoms with Crippen molar-refractivity contribution in [2.75, 3.05) is 13.1 Å². The largest absolute Gasteiger partial charge is 0.354 e. The van der Waals surface area contributed by atoms with Gasteiger partial charge in [0, 0.05) is 6.54 Å². The van der Waals surface area contributed by atoms with E-state index in [1.165, 1.54) is 0 Å². The zero-order valence-corrected chi connectivity index (χ0v) is 14.3. The number of nitrogens with one attached hydrogen (secondary N) is 3. The molecule has 2 fully saturated rings. The molecule has 1 aliphatic heterocycles. The van der Waals surface area contributed by atoms with Gasteiger partial charge in [0.15, 0.2) is 0 Å². The number of carbonyl (C=O) groups is 4. The number of amides is 5. The topological polar surface area (TPSA) is 108 Å². The normalized spacial score (nSPS) is 20.7. The van der Waals surface area contributed by atoms with Gasteiger partial charge < -0.3 is 16.0 Å². The highest BCUT2D eigenvalue weighted by Crippen LogP contribution is 2.33. The summed E-state index contributed by atoms with van der Waals surface area (Å²) >= 11 is 0. The average molecular weight is 338 g/mol. The van der Waals surface area contributed by atoms with Gasteiger partial charge in [0.25, 0.3) is 5.91 Å². The van der Waals surface area contributed by atoms with Gasteiger partial charge in [-0.15, -0.1) is 0 Å². The van der Waals surface area contributed by atoms with Crippen LogP contribution in [0.4, 0.5) is 4.79 Å². The Morgan fingerprint density at radius 1 is 1.25 bits per heavy atom. The van der Waals surface area contributed by atoms with Crippen LogP contribution in [0.25, 0.3) is 0 Å². The highest BCUT2D eigenvalue weighted by atomic mass is 16.2. The molecule has 3 N–H and O–H groups in total. The molecule has 1 saturated carbocycles. The van der Waals surface area contributed by atoms with Gasteiger partial charge in [-0.2, -0.15) is 0 Å². The summed E-state index contributed by atoms with van der Waals surface area (Å²) in [4.78, 5) is 49.5. The molecule has 0 aromatic heterocycles. The zero-order chi connectivity index (χ0) is 17.7. The molecule has 8 heteroatoms. The first-order valence-corrected chi connectivity index (χ1v) is 8.61. The van der Waals surface area contributed by atoms with Crippen molar-refractivity contribution in [2.45, 2.75) is 64.0 Å². The highest BCUT2D eigenvalue weighted by Gasteiger charge is 2.51. The van der Waals surface area contributed by atoms with E-state index in [1.54, 1.807) is 6.92 Å². The van der Waals surface area contributed by atoms with Crippen LogP contribution in [0.3, 0.4) is 0 Å². The maximum absolute atomic E-state index is 12.6. The summed E-state index contributed by atoms with van der Waals surface area (Å²) in [7, 11) is 0. The second-order valence-electron chi connectivity index (χ2n) is 6.54. The van der Waals surface area contributed by atoms with Crippen LogP contribution in [0.1, 0.15) is 52.4 Å². The van der Waals surface area contributed by atoms with Crippen molar-refractivity contribution >= 4 is 23.8 Å². The quantitative estimate of drug-likeness (QED) is 0.604. The first kappa shape index (κ1) is 18.2. The van der Waals surface area contributed by atoms with E-state index in [0.29, 0.717) is 19.4 Å². The van der Waals surface area contributed by atoms with Crippen molar-refractivity contribution in [3.8, 4) is 0 Å². The smallest absolute Gasteiger partial charge is 0.325 e. The van der Waals surface area contributed by atoms with Crippen LogP contribution in [0.5, 0.6) is 0 Å². The molecule has 1 atom stereocenters. The number of urea groups is 1. The van der Waals surface area contributed by atoms with Crippen LogP contribution < -0.4 is 16.0 Å². The third-order valence-electron chi connectivity index (χ3n) is 4.57. The first-order valence-electron chi connectivity index (χ1n) is 8.61. The Balaban J connectivity index is 1.90. The Morgan fingerprint density at radius 2 is 1.92 bits per heavy atom. The lowest BCUT2D eigenvalue weighted by molar-refractivity contribution is -0.136. The van der Waals surface area contributed by atoms with E-state index in [1.807, 2.05) is 6.92 Å². The Kier molecular flexibility index (Phi) is 5.80. The van der Waals surface area contributed by atoms with Gasteiger partial charge in [-0.3, -0.25) is 19.3 Å². The molecule has 0 aromatic rings. The summed E-state index contributed by atoms with van der Waals surface area (Å²) in [6, 6.07) is -1.24. The van der Waals surface area contributed by atoms with E-state index in [0.717, 1.165) is 30.6 Å². The molecule has 0 radical (unpaired) electrons. The van der Waals surface area contributed by atoms with Gasteiger partial charge in [0.05, 0.1) is 0 Å². The van der Waals surface area contributed by atoms with Gasteiger partial charge in [-0.05, 0) is 26.2 Å². The predicted octanol–water partition coefficient (Wildman–Crippen LogP) is 0.272. The summed E-state index contributed by atoms with van der Waals surface area (Å²) in [6.07, 6.45) is 4.87. The number of nitrogens with zero attached hydrogens (tertiary/aromatic N) is 1. The molecule has 134 valence electrons. The zero-order valence-electron chi connectivity index (χ0n) is 14.3. The van der Waals surface area contributed by atoms with E-state index in [9.17, 15) is 19.2 Å². The van der Waals surface area contributed by atoms with Crippen LogP contribution in [-0.2, 0) is 14.4 Å². The molecule has 2 aliphatic rings. The average Bonchev–Trinajstić information content (AvgIpc) is 2.77. The fourth-order valence-electron chi connectivity index (χ4n) is 3.21. The minimum atomic E-state index is -0.834. The van der Waals surface area contributed by atoms with Gasteiger partial charge >= 0.3 is 6.03 Å². The van der Waals surface area contributed by atoms with Gasteiger partial charge in [-0.25, -0.2) is 4.79 Å². The van der Waals surface area contributed by atoms with E-state index in [4.69, 9.17) is 0 Å². The molecule has 8 nitrogen and oxygen atoms in total. The SMILES string of the molecule is CCCNC(=O)[C@H](C)NC(=O)CN1C(=O)NC2(CCCCC2)C1=O. The van der Waals surface area contributed by atoms with Crippen molar-refractivity contribution in [2.24, 2.45) is 0 Å². The number of carbonyl (C=O) groups excluding carboxylic acids is 4. The molecule has 1 spiro atoms. The number of imide groups is 1. The molecule has 0 aromatic carbocycles. The molecule has 24 heavy (non-hydrogen) atoms. The van der Waals surface area contributed by atoms with Crippen LogP contribution in [0, 0.1) is 0 Å². The summed E-state index contributed by atoms with van der Waals surface area (Å²) < 4.78 is 0. The standard InChI is InChI=1S/C16H26N4O4/c1-3-9-17-13(22)11(2)18-12(21)10-20-14(23)16(19-15(20)24)7-5-4-6-8-16/h11H,3-10H2,1-2H3,(H,17,22)(H,18,21)(H,19,24)/t11-/m0/s1. The molecule has 1 saturated heterocycles. The lowest BCUT2D eigenvalue weighted by Crippen LogP contribution is -2.50. The lowest BCUT2D eigenvalue weighted by atomic mass is 9.82. The number of hydrogen-bond acceptors (Lipinski definition) is 4. The molecule has 0 unspecified atom stereocenters. The number of hydrogen-bond donors (Lipinski definition) is 3. The summed E-state index contributed by atoms with van der Waals surface area (Å²) in [6.45, 7) is 3.67. The summed E-state index contributed by atoms with van der Waals surface area (Å²) in [5.41, 5.74) is -0.834.